The predicted molar refractivity (Wildman–Crippen MR) is 59.3 cm³/mol. The average Bonchev–Trinajstić information content (AvgIpc) is 2.68. The quantitative estimate of drug-likeness (QED) is 0.758. The molecule has 0 bridgehead atoms. The largest absolute Gasteiger partial charge is 0.318 e. The Bertz CT molecular complexity index is 271. The Morgan fingerprint density at radius 2 is 2.07 bits per heavy atom. The SMILES string of the molecule is CNC[C@@H]1CC[C@H](c2ccccc2)N1. The van der Waals surface area contributed by atoms with E-state index in [-0.39, 0.29) is 0 Å². The first-order valence-electron chi connectivity index (χ1n) is 5.36. The van der Waals surface area contributed by atoms with Crippen LogP contribution in [-0.4, -0.2) is 19.6 Å². The highest BCUT2D eigenvalue weighted by Gasteiger charge is 2.23. The molecular formula is C12H18N2. The van der Waals surface area contributed by atoms with Gasteiger partial charge in [0.1, 0.15) is 0 Å². The third kappa shape index (κ3) is 2.14. The van der Waals surface area contributed by atoms with Crippen molar-refractivity contribution in [2.75, 3.05) is 13.6 Å². The van der Waals surface area contributed by atoms with E-state index in [0.29, 0.717) is 12.1 Å². The summed E-state index contributed by atoms with van der Waals surface area (Å²) in [6.45, 7) is 1.07. The standard InChI is InChI=1S/C12H18N2/c1-13-9-11-7-8-12(14-11)10-5-3-2-4-6-10/h2-6,11-14H,7-9H2,1H3/t11-,12+/m0/s1. The second kappa shape index (κ2) is 4.58. The highest BCUT2D eigenvalue weighted by atomic mass is 15.0. The molecule has 14 heavy (non-hydrogen) atoms. The summed E-state index contributed by atoms with van der Waals surface area (Å²) in [7, 11) is 2.01. The monoisotopic (exact) mass is 190 g/mol. The Morgan fingerprint density at radius 3 is 2.79 bits per heavy atom. The molecule has 1 heterocycles. The van der Waals surface area contributed by atoms with Gasteiger partial charge in [0.15, 0.2) is 0 Å². The zero-order chi connectivity index (χ0) is 9.80. The summed E-state index contributed by atoms with van der Waals surface area (Å²) in [6, 6.07) is 11.9. The number of nitrogens with one attached hydrogen (secondary N) is 2. The Hall–Kier alpha value is -0.860. The van der Waals surface area contributed by atoms with Crippen molar-refractivity contribution >= 4 is 0 Å². The summed E-state index contributed by atoms with van der Waals surface area (Å²) in [5, 5.41) is 6.86. The van der Waals surface area contributed by atoms with Gasteiger partial charge in [0.2, 0.25) is 0 Å². The first-order valence-corrected chi connectivity index (χ1v) is 5.36. The Balaban J connectivity index is 1.96. The fourth-order valence-electron chi connectivity index (χ4n) is 2.17. The van der Waals surface area contributed by atoms with Crippen LogP contribution in [0.1, 0.15) is 24.4 Å². The summed E-state index contributed by atoms with van der Waals surface area (Å²) in [5.74, 6) is 0. The molecule has 1 fully saturated rings. The predicted octanol–water partition coefficient (Wildman–Crippen LogP) is 1.70. The molecule has 0 unspecified atom stereocenters. The van der Waals surface area contributed by atoms with E-state index in [2.05, 4.69) is 41.0 Å². The van der Waals surface area contributed by atoms with Crippen LogP contribution in [0.15, 0.2) is 30.3 Å². The second-order valence-corrected chi connectivity index (χ2v) is 3.96. The minimum Gasteiger partial charge on any atom is -0.318 e. The van der Waals surface area contributed by atoms with Crippen LogP contribution in [0, 0.1) is 0 Å². The molecule has 2 nitrogen and oxygen atoms in total. The molecule has 0 radical (unpaired) electrons. The van der Waals surface area contributed by atoms with E-state index >= 15 is 0 Å². The molecular weight excluding hydrogens is 172 g/mol. The van der Waals surface area contributed by atoms with E-state index in [1.807, 2.05) is 7.05 Å². The first-order chi connectivity index (χ1) is 6.90. The van der Waals surface area contributed by atoms with Gasteiger partial charge in [-0.15, -0.1) is 0 Å². The molecule has 1 aliphatic rings. The topological polar surface area (TPSA) is 24.1 Å². The van der Waals surface area contributed by atoms with Gasteiger partial charge in [0.05, 0.1) is 0 Å². The molecule has 1 aromatic carbocycles. The minimum absolute atomic E-state index is 0.564. The van der Waals surface area contributed by atoms with Gasteiger partial charge in [-0.2, -0.15) is 0 Å². The Labute approximate surface area is 85.7 Å². The van der Waals surface area contributed by atoms with Crippen LogP contribution in [0.5, 0.6) is 0 Å². The summed E-state index contributed by atoms with van der Waals surface area (Å²) in [4.78, 5) is 0. The molecule has 0 amide bonds. The molecule has 2 rings (SSSR count). The lowest BCUT2D eigenvalue weighted by Gasteiger charge is -2.14. The molecule has 1 aromatic rings. The molecule has 2 heteroatoms. The van der Waals surface area contributed by atoms with Gasteiger partial charge in [0, 0.05) is 18.6 Å². The number of rotatable bonds is 3. The van der Waals surface area contributed by atoms with E-state index < -0.39 is 0 Å². The lowest BCUT2D eigenvalue weighted by atomic mass is 10.1. The molecule has 2 atom stereocenters. The van der Waals surface area contributed by atoms with Crippen molar-refractivity contribution < 1.29 is 0 Å². The molecule has 0 aromatic heterocycles. The summed E-state index contributed by atoms with van der Waals surface area (Å²) in [5.41, 5.74) is 1.42. The molecule has 1 aliphatic heterocycles. The Morgan fingerprint density at radius 1 is 1.29 bits per heavy atom. The van der Waals surface area contributed by atoms with Crippen molar-refractivity contribution in [3.05, 3.63) is 35.9 Å². The summed E-state index contributed by atoms with van der Waals surface area (Å²) >= 11 is 0. The number of likely N-dealkylation sites (N-methyl/N-ethyl adjacent to an activating group) is 1. The van der Waals surface area contributed by atoms with Gasteiger partial charge < -0.3 is 10.6 Å². The highest BCUT2D eigenvalue weighted by molar-refractivity contribution is 5.20. The maximum absolute atomic E-state index is 3.65. The normalized spacial score (nSPS) is 26.6. The van der Waals surface area contributed by atoms with Gasteiger partial charge in [-0.05, 0) is 25.5 Å². The summed E-state index contributed by atoms with van der Waals surface area (Å²) < 4.78 is 0. The zero-order valence-corrected chi connectivity index (χ0v) is 8.66. The highest BCUT2D eigenvalue weighted by Crippen LogP contribution is 2.25. The molecule has 0 saturated carbocycles. The maximum Gasteiger partial charge on any atom is 0.0323 e. The molecule has 0 spiro atoms. The average molecular weight is 190 g/mol. The lowest BCUT2D eigenvalue weighted by molar-refractivity contribution is 0.529. The van der Waals surface area contributed by atoms with Crippen molar-refractivity contribution in [1.82, 2.24) is 10.6 Å². The maximum atomic E-state index is 3.65. The van der Waals surface area contributed by atoms with E-state index in [4.69, 9.17) is 0 Å². The van der Waals surface area contributed by atoms with Gasteiger partial charge >= 0.3 is 0 Å². The van der Waals surface area contributed by atoms with Gasteiger partial charge in [0.25, 0.3) is 0 Å². The minimum atomic E-state index is 0.564. The van der Waals surface area contributed by atoms with Crippen LogP contribution in [0.3, 0.4) is 0 Å². The third-order valence-electron chi connectivity index (χ3n) is 2.89. The van der Waals surface area contributed by atoms with Crippen LogP contribution in [0.4, 0.5) is 0 Å². The fourth-order valence-corrected chi connectivity index (χ4v) is 2.17. The van der Waals surface area contributed by atoms with Crippen LogP contribution >= 0.6 is 0 Å². The van der Waals surface area contributed by atoms with E-state index in [0.717, 1.165) is 6.54 Å². The number of hydrogen-bond donors (Lipinski definition) is 2. The number of benzene rings is 1. The third-order valence-corrected chi connectivity index (χ3v) is 2.89. The molecule has 2 N–H and O–H groups in total. The van der Waals surface area contributed by atoms with Crippen molar-refractivity contribution in [3.63, 3.8) is 0 Å². The Kier molecular flexibility index (Phi) is 3.17. The molecule has 1 saturated heterocycles. The van der Waals surface area contributed by atoms with Gasteiger partial charge in [-0.1, -0.05) is 30.3 Å². The van der Waals surface area contributed by atoms with Crippen molar-refractivity contribution in [2.24, 2.45) is 0 Å². The second-order valence-electron chi connectivity index (χ2n) is 3.96. The zero-order valence-electron chi connectivity index (χ0n) is 8.66. The van der Waals surface area contributed by atoms with Crippen molar-refractivity contribution in [2.45, 2.75) is 24.9 Å². The van der Waals surface area contributed by atoms with Crippen molar-refractivity contribution in [1.29, 1.82) is 0 Å². The lowest BCUT2D eigenvalue weighted by Crippen LogP contribution is -2.33. The first kappa shape index (κ1) is 9.69. The van der Waals surface area contributed by atoms with E-state index in [1.54, 1.807) is 0 Å². The smallest absolute Gasteiger partial charge is 0.0323 e. The van der Waals surface area contributed by atoms with Crippen LogP contribution in [-0.2, 0) is 0 Å². The summed E-state index contributed by atoms with van der Waals surface area (Å²) in [6.07, 6.45) is 2.54. The van der Waals surface area contributed by atoms with Gasteiger partial charge in [-0.3, -0.25) is 0 Å². The van der Waals surface area contributed by atoms with Crippen molar-refractivity contribution in [3.8, 4) is 0 Å². The van der Waals surface area contributed by atoms with Gasteiger partial charge in [-0.25, -0.2) is 0 Å². The van der Waals surface area contributed by atoms with Crippen LogP contribution in [0.25, 0.3) is 0 Å². The number of hydrogen-bond acceptors (Lipinski definition) is 2. The molecule has 0 aliphatic carbocycles. The van der Waals surface area contributed by atoms with E-state index in [1.165, 1.54) is 18.4 Å². The molecule has 76 valence electrons. The fraction of sp³-hybridized carbons (Fsp3) is 0.500. The van der Waals surface area contributed by atoms with Crippen LogP contribution in [0.2, 0.25) is 0 Å². The van der Waals surface area contributed by atoms with E-state index in [9.17, 15) is 0 Å². The van der Waals surface area contributed by atoms with Crippen LogP contribution < -0.4 is 10.6 Å².